The maximum absolute atomic E-state index is 11.8. The van der Waals surface area contributed by atoms with Crippen molar-refractivity contribution in [2.45, 2.75) is 18.7 Å². The Morgan fingerprint density at radius 1 is 1.35 bits per heavy atom. The zero-order valence-corrected chi connectivity index (χ0v) is 11.1. The van der Waals surface area contributed by atoms with Crippen LogP contribution in [0.15, 0.2) is 33.6 Å². The molecule has 0 heterocycles. The monoisotopic (exact) mass is 271 g/mol. The molecule has 0 aromatic heterocycles. The van der Waals surface area contributed by atoms with Crippen LogP contribution in [0, 0.1) is 6.92 Å². The third-order valence-electron chi connectivity index (χ3n) is 1.88. The lowest BCUT2D eigenvalue weighted by Crippen LogP contribution is -2.33. The number of benzene rings is 1. The zero-order valence-electron chi connectivity index (χ0n) is 9.47. The molecule has 0 bridgehead atoms. The first-order valence-electron chi connectivity index (χ1n) is 4.76. The van der Waals surface area contributed by atoms with Crippen molar-refractivity contribution in [3.63, 3.8) is 0 Å². The molecule has 0 aliphatic rings. The number of sulfonamides is 1. The van der Waals surface area contributed by atoms with Crippen LogP contribution >= 0.6 is 12.2 Å². The van der Waals surface area contributed by atoms with Gasteiger partial charge in [0.15, 0.2) is 5.11 Å². The van der Waals surface area contributed by atoms with Gasteiger partial charge in [-0.3, -0.25) is 0 Å². The molecule has 1 aromatic rings. The minimum atomic E-state index is -3.71. The summed E-state index contributed by atoms with van der Waals surface area (Å²) in [7, 11) is -3.71. The van der Waals surface area contributed by atoms with Crippen LogP contribution in [0.4, 0.5) is 0 Å². The van der Waals surface area contributed by atoms with Gasteiger partial charge < -0.3 is 11.1 Å². The average Bonchev–Trinajstić information content (AvgIpc) is 2.15. The van der Waals surface area contributed by atoms with Gasteiger partial charge in [-0.2, -0.15) is 8.42 Å². The Morgan fingerprint density at radius 2 is 1.88 bits per heavy atom. The van der Waals surface area contributed by atoms with Crippen LogP contribution in [-0.2, 0) is 10.0 Å². The van der Waals surface area contributed by atoms with Crippen molar-refractivity contribution in [3.8, 4) is 0 Å². The number of thiocarbonyl (C=S) groups is 1. The van der Waals surface area contributed by atoms with E-state index in [1.165, 1.54) is 19.1 Å². The molecule has 17 heavy (non-hydrogen) atoms. The van der Waals surface area contributed by atoms with Crippen molar-refractivity contribution >= 4 is 33.2 Å². The largest absolute Gasteiger partial charge is 0.376 e. The van der Waals surface area contributed by atoms with E-state index in [-0.39, 0.29) is 15.8 Å². The van der Waals surface area contributed by atoms with Crippen molar-refractivity contribution in [2.75, 3.05) is 0 Å². The number of nitrogens with zero attached hydrogens (tertiary/aromatic N) is 1. The molecule has 1 aromatic carbocycles. The Morgan fingerprint density at radius 3 is 2.35 bits per heavy atom. The van der Waals surface area contributed by atoms with Crippen molar-refractivity contribution in [1.82, 2.24) is 5.32 Å². The molecule has 0 saturated heterocycles. The van der Waals surface area contributed by atoms with E-state index in [0.717, 1.165) is 5.56 Å². The third kappa shape index (κ3) is 4.12. The zero-order chi connectivity index (χ0) is 13.1. The van der Waals surface area contributed by atoms with Crippen LogP contribution in [0.5, 0.6) is 0 Å². The lowest BCUT2D eigenvalue weighted by atomic mass is 10.2. The third-order valence-corrected chi connectivity index (χ3v) is 3.36. The number of hydrogen-bond acceptors (Lipinski definition) is 3. The Labute approximate surface area is 106 Å². The normalized spacial score (nSPS) is 12.2. The molecule has 0 fully saturated rings. The smallest absolute Gasteiger partial charge is 0.283 e. The predicted molar refractivity (Wildman–Crippen MR) is 71.4 cm³/mol. The lowest BCUT2D eigenvalue weighted by molar-refractivity contribution is 0.598. The van der Waals surface area contributed by atoms with Gasteiger partial charge in [0.25, 0.3) is 10.0 Å². The number of amidine groups is 1. The molecular weight excluding hydrogens is 258 g/mol. The number of nitrogens with two attached hydrogens (primary N) is 1. The number of aryl methyl sites for hydroxylation is 1. The van der Waals surface area contributed by atoms with E-state index in [2.05, 4.69) is 21.9 Å². The summed E-state index contributed by atoms with van der Waals surface area (Å²) in [5.41, 5.74) is 6.19. The van der Waals surface area contributed by atoms with E-state index in [0.29, 0.717) is 0 Å². The summed E-state index contributed by atoms with van der Waals surface area (Å²) < 4.78 is 27.2. The molecule has 3 N–H and O–H groups in total. The molecule has 5 nitrogen and oxygen atoms in total. The highest BCUT2D eigenvalue weighted by molar-refractivity contribution is 7.90. The second-order valence-electron chi connectivity index (χ2n) is 3.45. The van der Waals surface area contributed by atoms with Gasteiger partial charge in [0.1, 0.15) is 5.84 Å². The van der Waals surface area contributed by atoms with Gasteiger partial charge in [-0.1, -0.05) is 17.7 Å². The summed E-state index contributed by atoms with van der Waals surface area (Å²) in [6.45, 7) is 3.35. The predicted octanol–water partition coefficient (Wildman–Crippen LogP) is 0.935. The maximum Gasteiger partial charge on any atom is 0.283 e. The molecule has 0 aliphatic heterocycles. The van der Waals surface area contributed by atoms with Gasteiger partial charge in [-0.25, -0.2) is 0 Å². The molecule has 7 heteroatoms. The van der Waals surface area contributed by atoms with Crippen LogP contribution in [0.3, 0.4) is 0 Å². The van der Waals surface area contributed by atoms with E-state index in [9.17, 15) is 8.42 Å². The van der Waals surface area contributed by atoms with Crippen molar-refractivity contribution in [1.29, 1.82) is 0 Å². The summed E-state index contributed by atoms with van der Waals surface area (Å²) >= 11 is 4.59. The second-order valence-corrected chi connectivity index (χ2v) is 5.50. The minimum absolute atomic E-state index is 0.0228. The first kappa shape index (κ1) is 13.6. The maximum atomic E-state index is 11.8. The molecule has 1 rings (SSSR count). The van der Waals surface area contributed by atoms with Crippen molar-refractivity contribution < 1.29 is 8.42 Å². The Bertz CT molecular complexity index is 547. The summed E-state index contributed by atoms with van der Waals surface area (Å²) in [4.78, 5) is 0.132. The van der Waals surface area contributed by atoms with E-state index in [1.54, 1.807) is 12.1 Å². The molecule has 0 unspecified atom stereocenters. The molecule has 0 atom stereocenters. The van der Waals surface area contributed by atoms with Crippen LogP contribution < -0.4 is 11.1 Å². The molecule has 0 amide bonds. The first-order valence-corrected chi connectivity index (χ1v) is 6.61. The summed E-state index contributed by atoms with van der Waals surface area (Å²) in [6.07, 6.45) is 0. The molecule has 92 valence electrons. The Hall–Kier alpha value is -1.47. The van der Waals surface area contributed by atoms with Crippen molar-refractivity contribution in [3.05, 3.63) is 29.8 Å². The standard InChI is InChI=1S/C10H13N3O2S2/c1-7-3-5-9(6-4-7)17(14,15)13-8(2)12-10(11)16/h3-6H,1-2H3,(H3,11,12,13,16). The highest BCUT2D eigenvalue weighted by Crippen LogP contribution is 2.12. The fraction of sp³-hybridized carbons (Fsp3) is 0.200. The number of nitrogens with one attached hydrogen (secondary N) is 1. The van der Waals surface area contributed by atoms with Gasteiger partial charge >= 0.3 is 0 Å². The van der Waals surface area contributed by atoms with E-state index in [4.69, 9.17) is 5.73 Å². The summed E-state index contributed by atoms with van der Waals surface area (Å²) in [6, 6.07) is 6.42. The molecule has 0 aliphatic carbocycles. The van der Waals surface area contributed by atoms with Crippen molar-refractivity contribution in [2.24, 2.45) is 10.1 Å². The summed E-state index contributed by atoms with van der Waals surface area (Å²) in [5, 5.41) is 2.44. The van der Waals surface area contributed by atoms with E-state index >= 15 is 0 Å². The SMILES string of the molecule is C/C(=N/S(=O)(=O)c1ccc(C)cc1)NC(N)=S. The lowest BCUT2D eigenvalue weighted by Gasteiger charge is -2.03. The van der Waals surface area contributed by atoms with Gasteiger partial charge in [-0.15, -0.1) is 4.40 Å². The Kier molecular flexibility index (Phi) is 4.19. The fourth-order valence-electron chi connectivity index (χ4n) is 1.14. The topological polar surface area (TPSA) is 84.5 Å². The summed E-state index contributed by atoms with van der Waals surface area (Å²) in [5.74, 6) is 0.137. The quantitative estimate of drug-likeness (QED) is 0.475. The van der Waals surface area contributed by atoms with Crippen LogP contribution in [0.2, 0.25) is 0 Å². The van der Waals surface area contributed by atoms with E-state index < -0.39 is 10.0 Å². The van der Waals surface area contributed by atoms with Gasteiger partial charge in [-0.05, 0) is 38.2 Å². The number of rotatable bonds is 2. The molecule has 0 spiro atoms. The van der Waals surface area contributed by atoms with Gasteiger partial charge in [0.05, 0.1) is 4.90 Å². The highest BCUT2D eigenvalue weighted by atomic mass is 32.2. The van der Waals surface area contributed by atoms with Gasteiger partial charge in [0, 0.05) is 0 Å². The van der Waals surface area contributed by atoms with Crippen LogP contribution in [0.25, 0.3) is 0 Å². The second kappa shape index (κ2) is 5.24. The fourth-order valence-corrected chi connectivity index (χ4v) is 2.28. The van der Waals surface area contributed by atoms with E-state index in [1.807, 2.05) is 6.92 Å². The van der Waals surface area contributed by atoms with Crippen LogP contribution in [-0.4, -0.2) is 19.4 Å². The average molecular weight is 271 g/mol. The molecule has 0 saturated carbocycles. The van der Waals surface area contributed by atoms with Crippen LogP contribution in [0.1, 0.15) is 12.5 Å². The minimum Gasteiger partial charge on any atom is -0.376 e. The molecular formula is C10H13N3O2S2. The molecule has 0 radical (unpaired) electrons. The number of hydrogen-bond donors (Lipinski definition) is 2. The first-order chi connectivity index (χ1) is 7.81. The highest BCUT2D eigenvalue weighted by Gasteiger charge is 2.12. The Balaban J connectivity index is 3.04. The van der Waals surface area contributed by atoms with Gasteiger partial charge in [0.2, 0.25) is 0 Å².